The van der Waals surface area contributed by atoms with Gasteiger partial charge in [0.25, 0.3) is 0 Å². The zero-order valence-electron chi connectivity index (χ0n) is 12.4. The molecule has 0 fully saturated rings. The number of rotatable bonds is 4. The van der Waals surface area contributed by atoms with Crippen LogP contribution in [0.2, 0.25) is 0 Å². The third-order valence-corrected chi connectivity index (χ3v) is 4.16. The highest BCUT2D eigenvalue weighted by Crippen LogP contribution is 2.21. The van der Waals surface area contributed by atoms with Gasteiger partial charge in [-0.1, -0.05) is 58.4 Å². The summed E-state index contributed by atoms with van der Waals surface area (Å²) >= 11 is 3.42. The molecule has 0 spiro atoms. The molecule has 0 aliphatic carbocycles. The fourth-order valence-corrected chi connectivity index (χ4v) is 2.71. The van der Waals surface area contributed by atoms with E-state index in [1.807, 2.05) is 54.6 Å². The van der Waals surface area contributed by atoms with Crippen LogP contribution in [0, 0.1) is 11.3 Å². The van der Waals surface area contributed by atoms with Crippen LogP contribution in [0.3, 0.4) is 0 Å². The lowest BCUT2D eigenvalue weighted by Crippen LogP contribution is -2.06. The molecular weight excluding hydrogens is 352 g/mol. The third kappa shape index (κ3) is 3.43. The first kappa shape index (κ1) is 15.3. The number of nitrogens with zero attached hydrogens (tertiary/aromatic N) is 3. The van der Waals surface area contributed by atoms with Crippen LogP contribution in [0.15, 0.2) is 59.1 Å². The maximum absolute atomic E-state index is 9.41. The van der Waals surface area contributed by atoms with E-state index in [9.17, 15) is 5.26 Å². The average Bonchev–Trinajstić information content (AvgIpc) is 2.85. The van der Waals surface area contributed by atoms with Crippen molar-refractivity contribution in [1.82, 2.24) is 9.78 Å². The third-order valence-electron chi connectivity index (χ3n) is 3.64. The van der Waals surface area contributed by atoms with E-state index in [4.69, 9.17) is 5.73 Å². The molecule has 0 radical (unpaired) electrons. The summed E-state index contributed by atoms with van der Waals surface area (Å²) in [4.78, 5) is 0. The average molecular weight is 367 g/mol. The zero-order valence-corrected chi connectivity index (χ0v) is 14.0. The molecule has 0 amide bonds. The molecule has 0 unspecified atom stereocenters. The number of halogens is 1. The van der Waals surface area contributed by atoms with E-state index in [1.54, 1.807) is 4.68 Å². The van der Waals surface area contributed by atoms with E-state index >= 15 is 0 Å². The lowest BCUT2D eigenvalue weighted by molar-refractivity contribution is 0.685. The Kier molecular flexibility index (Phi) is 4.45. The predicted molar refractivity (Wildman–Crippen MR) is 93.8 cm³/mol. The highest BCUT2D eigenvalue weighted by Gasteiger charge is 2.16. The second-order valence-electron chi connectivity index (χ2n) is 5.27. The molecule has 3 aromatic rings. The number of nitrogens with two attached hydrogens (primary N) is 1. The van der Waals surface area contributed by atoms with Gasteiger partial charge in [-0.25, -0.2) is 4.68 Å². The van der Waals surface area contributed by atoms with E-state index in [2.05, 4.69) is 27.1 Å². The summed E-state index contributed by atoms with van der Waals surface area (Å²) < 4.78 is 2.72. The summed E-state index contributed by atoms with van der Waals surface area (Å²) in [6.45, 7) is 0.557. The zero-order chi connectivity index (χ0) is 16.2. The predicted octanol–water partition coefficient (Wildman–Crippen LogP) is 3.74. The fraction of sp³-hybridized carbons (Fsp3) is 0.111. The maximum Gasteiger partial charge on any atom is 0.140 e. The first-order valence-corrected chi connectivity index (χ1v) is 8.00. The quantitative estimate of drug-likeness (QED) is 0.764. The van der Waals surface area contributed by atoms with Crippen molar-refractivity contribution >= 4 is 21.7 Å². The van der Waals surface area contributed by atoms with Crippen molar-refractivity contribution < 1.29 is 0 Å². The van der Waals surface area contributed by atoms with Crippen LogP contribution in [-0.4, -0.2) is 9.78 Å². The highest BCUT2D eigenvalue weighted by atomic mass is 79.9. The van der Waals surface area contributed by atoms with E-state index in [0.717, 1.165) is 15.6 Å². The van der Waals surface area contributed by atoms with Crippen LogP contribution < -0.4 is 5.73 Å². The molecule has 1 heterocycles. The molecule has 23 heavy (non-hydrogen) atoms. The normalized spacial score (nSPS) is 10.4. The molecule has 2 N–H and O–H groups in total. The first-order chi connectivity index (χ1) is 11.2. The molecule has 0 saturated heterocycles. The summed E-state index contributed by atoms with van der Waals surface area (Å²) in [6.07, 6.45) is 0.585. The monoisotopic (exact) mass is 366 g/mol. The smallest absolute Gasteiger partial charge is 0.140 e. The van der Waals surface area contributed by atoms with Crippen molar-refractivity contribution in [2.45, 2.75) is 13.0 Å². The number of benzene rings is 2. The van der Waals surface area contributed by atoms with Gasteiger partial charge < -0.3 is 5.73 Å². The molecule has 0 bridgehead atoms. The summed E-state index contributed by atoms with van der Waals surface area (Å²) in [5.41, 5.74) is 9.47. The highest BCUT2D eigenvalue weighted by molar-refractivity contribution is 9.10. The van der Waals surface area contributed by atoms with Crippen molar-refractivity contribution in [1.29, 1.82) is 5.26 Å². The van der Waals surface area contributed by atoms with Crippen LogP contribution in [0.1, 0.15) is 22.4 Å². The standard InChI is InChI=1S/C18H15BrN4/c19-15-8-6-13(7-9-15)10-17-16(11-20)18(21)23(22-17)12-14-4-2-1-3-5-14/h1-9H,10,12,21H2. The van der Waals surface area contributed by atoms with Crippen LogP contribution >= 0.6 is 15.9 Å². The minimum atomic E-state index is 0.420. The Morgan fingerprint density at radius 2 is 1.74 bits per heavy atom. The van der Waals surface area contributed by atoms with Crippen molar-refractivity contribution in [2.75, 3.05) is 5.73 Å². The van der Waals surface area contributed by atoms with Crippen LogP contribution in [0.5, 0.6) is 0 Å². The lowest BCUT2D eigenvalue weighted by Gasteiger charge is -2.03. The number of nitrogen functional groups attached to an aromatic ring is 1. The van der Waals surface area contributed by atoms with Gasteiger partial charge in [-0.05, 0) is 23.3 Å². The summed E-state index contributed by atoms with van der Waals surface area (Å²) in [6, 6.07) is 20.1. The second kappa shape index (κ2) is 6.67. The Morgan fingerprint density at radius 3 is 2.39 bits per heavy atom. The lowest BCUT2D eigenvalue weighted by atomic mass is 10.1. The summed E-state index contributed by atoms with van der Waals surface area (Å²) in [5, 5.41) is 14.0. The van der Waals surface area contributed by atoms with Gasteiger partial charge in [-0.15, -0.1) is 0 Å². The molecule has 0 aliphatic rings. The number of nitriles is 1. The van der Waals surface area contributed by atoms with Gasteiger partial charge in [0.15, 0.2) is 0 Å². The second-order valence-corrected chi connectivity index (χ2v) is 6.18. The van der Waals surface area contributed by atoms with Crippen LogP contribution in [0.4, 0.5) is 5.82 Å². The number of hydrogen-bond acceptors (Lipinski definition) is 3. The number of anilines is 1. The summed E-state index contributed by atoms with van der Waals surface area (Å²) in [5.74, 6) is 0.420. The van der Waals surface area contributed by atoms with Crippen LogP contribution in [0.25, 0.3) is 0 Å². The van der Waals surface area contributed by atoms with Gasteiger partial charge >= 0.3 is 0 Å². The van der Waals surface area contributed by atoms with Gasteiger partial charge in [0, 0.05) is 10.9 Å². The molecule has 0 aliphatic heterocycles. The fourth-order valence-electron chi connectivity index (χ4n) is 2.44. The van der Waals surface area contributed by atoms with Crippen molar-refractivity contribution in [3.63, 3.8) is 0 Å². The van der Waals surface area contributed by atoms with Crippen molar-refractivity contribution in [3.8, 4) is 6.07 Å². The Hall–Kier alpha value is -2.58. The number of aromatic nitrogens is 2. The molecule has 1 aromatic heterocycles. The Bertz CT molecular complexity index is 845. The van der Waals surface area contributed by atoms with E-state index in [0.29, 0.717) is 30.0 Å². The van der Waals surface area contributed by atoms with Crippen molar-refractivity contribution in [2.24, 2.45) is 0 Å². The molecule has 0 atom stereocenters. The first-order valence-electron chi connectivity index (χ1n) is 7.21. The molecule has 2 aromatic carbocycles. The minimum Gasteiger partial charge on any atom is -0.383 e. The largest absolute Gasteiger partial charge is 0.383 e. The Morgan fingerprint density at radius 1 is 1.04 bits per heavy atom. The Labute approximate surface area is 143 Å². The molecule has 5 heteroatoms. The van der Waals surface area contributed by atoms with E-state index in [-0.39, 0.29) is 0 Å². The van der Waals surface area contributed by atoms with E-state index in [1.165, 1.54) is 0 Å². The molecule has 4 nitrogen and oxygen atoms in total. The van der Waals surface area contributed by atoms with Gasteiger partial charge in [0.05, 0.1) is 12.2 Å². The van der Waals surface area contributed by atoms with Crippen molar-refractivity contribution in [3.05, 3.63) is 81.5 Å². The topological polar surface area (TPSA) is 67.6 Å². The van der Waals surface area contributed by atoms with Gasteiger partial charge in [-0.2, -0.15) is 10.4 Å². The van der Waals surface area contributed by atoms with Gasteiger partial charge in [-0.3, -0.25) is 0 Å². The van der Waals surface area contributed by atoms with Gasteiger partial charge in [0.1, 0.15) is 17.5 Å². The van der Waals surface area contributed by atoms with E-state index < -0.39 is 0 Å². The maximum atomic E-state index is 9.41. The van der Waals surface area contributed by atoms with Crippen LogP contribution in [-0.2, 0) is 13.0 Å². The minimum absolute atomic E-state index is 0.420. The molecule has 0 saturated carbocycles. The Balaban J connectivity index is 1.90. The SMILES string of the molecule is N#Cc1c(Cc2ccc(Br)cc2)nn(Cc2ccccc2)c1N. The number of hydrogen-bond donors (Lipinski definition) is 1. The molecular formula is C18H15BrN4. The van der Waals surface area contributed by atoms with Gasteiger partial charge in [0.2, 0.25) is 0 Å². The molecule has 3 rings (SSSR count). The summed E-state index contributed by atoms with van der Waals surface area (Å²) in [7, 11) is 0. The molecule has 114 valence electrons.